The summed E-state index contributed by atoms with van der Waals surface area (Å²) in [5.41, 5.74) is 4.96. The van der Waals surface area contributed by atoms with Gasteiger partial charge >= 0.3 is 5.97 Å². The smallest absolute Gasteiger partial charge is 0.328 e. The Balaban J connectivity index is 1.25. The van der Waals surface area contributed by atoms with Gasteiger partial charge < -0.3 is 19.9 Å². The van der Waals surface area contributed by atoms with Gasteiger partial charge in [-0.1, -0.05) is 30.3 Å². The zero-order valence-corrected chi connectivity index (χ0v) is 22.6. The standard InChI is InChI=1S/C33H35N3O3/c1-4-29(37)36-28(32(38)39-3)16-26-24-7-5-6-8-27(24)34-30(26)31(36)20-9-11-23(12-10-20)35-33(2)17-19-13-21-15-22(18-33)25(21)14-19/h1,5-12,19,21-22,25,28,31,34-35H,13-18H2,2-3H3/t19?,21?,22?,25?,28-,31+,33?/m1/s1. The maximum atomic E-state index is 13.2. The molecule has 200 valence electrons. The number of aromatic nitrogens is 1. The van der Waals surface area contributed by atoms with Crippen LogP contribution in [0.3, 0.4) is 0 Å². The minimum absolute atomic E-state index is 0.0909. The van der Waals surface area contributed by atoms with Gasteiger partial charge in [-0.05, 0) is 97.9 Å². The Bertz CT molecular complexity index is 1490. The van der Waals surface area contributed by atoms with Crippen LogP contribution in [0.5, 0.6) is 0 Å². The molecule has 3 saturated carbocycles. The maximum Gasteiger partial charge on any atom is 0.328 e. The number of para-hydroxylation sites is 1. The topological polar surface area (TPSA) is 74.4 Å². The van der Waals surface area contributed by atoms with Crippen LogP contribution in [0, 0.1) is 36.0 Å². The fourth-order valence-corrected chi connectivity index (χ4v) is 8.67. The van der Waals surface area contributed by atoms with Crippen molar-refractivity contribution in [2.45, 2.75) is 63.1 Å². The van der Waals surface area contributed by atoms with Crippen LogP contribution in [-0.4, -0.2) is 40.5 Å². The number of methoxy groups -OCH3 is 1. The first kappa shape index (κ1) is 24.3. The number of aromatic amines is 1. The summed E-state index contributed by atoms with van der Waals surface area (Å²) in [5.74, 6) is 4.92. The zero-order chi connectivity index (χ0) is 26.9. The molecule has 2 heterocycles. The van der Waals surface area contributed by atoms with Crippen LogP contribution in [0.15, 0.2) is 48.5 Å². The lowest BCUT2D eigenvalue weighted by atomic mass is 9.62. The molecule has 0 spiro atoms. The van der Waals surface area contributed by atoms with Gasteiger partial charge in [-0.15, -0.1) is 6.42 Å². The van der Waals surface area contributed by atoms with Crippen molar-refractivity contribution in [3.8, 4) is 12.3 Å². The molecule has 1 aromatic heterocycles. The van der Waals surface area contributed by atoms with E-state index in [1.165, 1.54) is 44.1 Å². The summed E-state index contributed by atoms with van der Waals surface area (Å²) in [5, 5.41) is 4.94. The summed E-state index contributed by atoms with van der Waals surface area (Å²) in [6.07, 6.45) is 12.7. The van der Waals surface area contributed by atoms with E-state index in [1.54, 1.807) is 0 Å². The van der Waals surface area contributed by atoms with Crippen LogP contribution in [0.1, 0.15) is 61.9 Å². The lowest BCUT2D eigenvalue weighted by Gasteiger charge is -2.46. The van der Waals surface area contributed by atoms with Crippen molar-refractivity contribution < 1.29 is 14.3 Å². The number of fused-ring (bicyclic) bond motifs is 4. The number of nitrogens with zero attached hydrogens (tertiary/aromatic N) is 1. The van der Waals surface area contributed by atoms with E-state index in [-0.39, 0.29) is 5.54 Å². The lowest BCUT2D eigenvalue weighted by Crippen LogP contribution is -2.51. The van der Waals surface area contributed by atoms with Crippen molar-refractivity contribution in [1.82, 2.24) is 9.88 Å². The molecule has 1 aliphatic heterocycles. The molecular weight excluding hydrogens is 486 g/mol. The summed E-state index contributed by atoms with van der Waals surface area (Å²) < 4.78 is 5.14. The number of esters is 1. The Morgan fingerprint density at radius 1 is 1.08 bits per heavy atom. The lowest BCUT2D eigenvalue weighted by molar-refractivity contribution is -0.153. The van der Waals surface area contributed by atoms with Crippen molar-refractivity contribution in [2.24, 2.45) is 23.7 Å². The second-order valence-corrected chi connectivity index (χ2v) is 12.5. The van der Waals surface area contributed by atoms with Gasteiger partial charge in [0.05, 0.1) is 13.2 Å². The van der Waals surface area contributed by atoms with Crippen LogP contribution in [-0.2, 0) is 20.7 Å². The third-order valence-electron chi connectivity index (χ3n) is 10.1. The Labute approximate surface area is 229 Å². The average molecular weight is 522 g/mol. The first-order valence-corrected chi connectivity index (χ1v) is 14.2. The Kier molecular flexibility index (Phi) is 5.56. The molecule has 3 aliphatic carbocycles. The number of amides is 1. The molecule has 3 fully saturated rings. The second kappa shape index (κ2) is 8.91. The van der Waals surface area contributed by atoms with Gasteiger partial charge in [0.2, 0.25) is 0 Å². The zero-order valence-electron chi connectivity index (χ0n) is 22.6. The van der Waals surface area contributed by atoms with Crippen molar-refractivity contribution in [2.75, 3.05) is 12.4 Å². The van der Waals surface area contributed by atoms with Gasteiger partial charge in [-0.2, -0.15) is 0 Å². The van der Waals surface area contributed by atoms with Crippen molar-refractivity contribution >= 4 is 28.5 Å². The molecular formula is C33H35N3O3. The van der Waals surface area contributed by atoms with E-state index in [4.69, 9.17) is 11.2 Å². The van der Waals surface area contributed by atoms with Crippen molar-refractivity contribution in [3.63, 3.8) is 0 Å². The van der Waals surface area contributed by atoms with Crippen LogP contribution in [0.4, 0.5) is 5.69 Å². The summed E-state index contributed by atoms with van der Waals surface area (Å²) >= 11 is 0. The van der Waals surface area contributed by atoms with Gasteiger partial charge in [-0.3, -0.25) is 4.79 Å². The summed E-state index contributed by atoms with van der Waals surface area (Å²) in [4.78, 5) is 31.2. The van der Waals surface area contributed by atoms with Crippen LogP contribution >= 0.6 is 0 Å². The van der Waals surface area contributed by atoms with Gasteiger partial charge in [-0.25, -0.2) is 4.79 Å². The molecule has 2 aromatic carbocycles. The maximum absolute atomic E-state index is 13.2. The van der Waals surface area contributed by atoms with E-state index in [0.29, 0.717) is 6.42 Å². The Morgan fingerprint density at radius 3 is 2.64 bits per heavy atom. The van der Waals surface area contributed by atoms with Crippen LogP contribution in [0.2, 0.25) is 0 Å². The van der Waals surface area contributed by atoms with Gasteiger partial charge in [0.1, 0.15) is 6.04 Å². The molecule has 2 bridgehead atoms. The summed E-state index contributed by atoms with van der Waals surface area (Å²) in [6, 6.07) is 15.0. The third-order valence-corrected chi connectivity index (χ3v) is 10.1. The molecule has 6 nitrogen and oxygen atoms in total. The number of hydrogen-bond acceptors (Lipinski definition) is 4. The van der Waals surface area contributed by atoms with E-state index in [0.717, 1.165) is 57.1 Å². The number of hydrogen-bond donors (Lipinski definition) is 2. The largest absolute Gasteiger partial charge is 0.467 e. The fraction of sp³-hybridized carbons (Fsp3) is 0.455. The molecule has 6 heteroatoms. The SMILES string of the molecule is C#CC(=O)N1[C@@H](c2ccc(NC3(C)CC4CC5CC(C3)C5C4)cc2)c2[nH]c3ccccc3c2C[C@@H]1C(=O)OC. The number of terminal acetylenes is 1. The molecule has 2 N–H and O–H groups in total. The highest BCUT2D eigenvalue weighted by Gasteiger charge is 2.53. The normalized spacial score (nSPS) is 32.5. The van der Waals surface area contributed by atoms with Gasteiger partial charge in [0.15, 0.2) is 0 Å². The average Bonchev–Trinajstić information content (AvgIpc) is 3.43. The first-order chi connectivity index (χ1) is 18.9. The molecule has 5 unspecified atom stereocenters. The molecule has 3 aromatic rings. The number of H-pyrrole nitrogens is 1. The summed E-state index contributed by atoms with van der Waals surface area (Å²) in [7, 11) is 1.35. The minimum atomic E-state index is -0.806. The Morgan fingerprint density at radius 2 is 1.87 bits per heavy atom. The highest BCUT2D eigenvalue weighted by molar-refractivity contribution is 5.98. The minimum Gasteiger partial charge on any atom is -0.467 e. The second-order valence-electron chi connectivity index (χ2n) is 12.5. The van der Waals surface area contributed by atoms with E-state index in [2.05, 4.69) is 47.4 Å². The van der Waals surface area contributed by atoms with E-state index < -0.39 is 24.0 Å². The van der Waals surface area contributed by atoms with E-state index in [9.17, 15) is 9.59 Å². The van der Waals surface area contributed by atoms with E-state index >= 15 is 0 Å². The molecule has 39 heavy (non-hydrogen) atoms. The number of rotatable bonds is 4. The summed E-state index contributed by atoms with van der Waals surface area (Å²) in [6.45, 7) is 2.39. The highest BCUT2D eigenvalue weighted by atomic mass is 16.5. The molecule has 4 aliphatic rings. The molecule has 0 saturated heterocycles. The van der Waals surface area contributed by atoms with Crippen molar-refractivity contribution in [1.29, 1.82) is 0 Å². The molecule has 0 radical (unpaired) electrons. The number of benzene rings is 2. The number of anilines is 1. The molecule has 7 atom stereocenters. The van der Waals surface area contributed by atoms with Crippen molar-refractivity contribution in [3.05, 3.63) is 65.4 Å². The van der Waals surface area contributed by atoms with Gasteiger partial charge in [0, 0.05) is 34.2 Å². The fourth-order valence-electron chi connectivity index (χ4n) is 8.67. The molecule has 7 rings (SSSR count). The van der Waals surface area contributed by atoms with Crippen LogP contribution in [0.25, 0.3) is 10.9 Å². The first-order valence-electron chi connectivity index (χ1n) is 14.2. The predicted molar refractivity (Wildman–Crippen MR) is 151 cm³/mol. The Hall–Kier alpha value is -3.72. The number of carbonyl (C=O) groups excluding carboxylic acids is 2. The number of carbonyl (C=O) groups is 2. The predicted octanol–water partition coefficient (Wildman–Crippen LogP) is 5.44. The highest BCUT2D eigenvalue weighted by Crippen LogP contribution is 2.60. The third kappa shape index (κ3) is 3.85. The number of nitrogens with one attached hydrogen (secondary N) is 2. The van der Waals surface area contributed by atoms with E-state index in [1.807, 2.05) is 24.3 Å². The molecule has 1 amide bonds. The van der Waals surface area contributed by atoms with Gasteiger partial charge in [0.25, 0.3) is 5.91 Å². The van der Waals surface area contributed by atoms with Crippen LogP contribution < -0.4 is 5.32 Å². The monoisotopic (exact) mass is 521 g/mol. The number of ether oxygens (including phenoxy) is 1. The quantitative estimate of drug-likeness (QED) is 0.354.